The highest BCUT2D eigenvalue weighted by Gasteiger charge is 2.21. The van der Waals surface area contributed by atoms with Gasteiger partial charge in [-0.3, -0.25) is 0 Å². The lowest BCUT2D eigenvalue weighted by molar-refractivity contribution is 1.08. The predicted molar refractivity (Wildman–Crippen MR) is 395 cm³/mol. The maximum atomic E-state index is 5.13. The van der Waals surface area contributed by atoms with Gasteiger partial charge >= 0.3 is 0 Å². The van der Waals surface area contributed by atoms with Crippen LogP contribution >= 0.6 is 0 Å². The smallest absolute Gasteiger partial charge is 0.165 e. The Morgan fingerprint density at radius 2 is 0.500 bits per heavy atom. The van der Waals surface area contributed by atoms with Gasteiger partial charge in [0.05, 0.1) is 22.4 Å². The number of hydrogen-bond donors (Lipinski definition) is 0. The van der Waals surface area contributed by atoms with Crippen molar-refractivity contribution in [2.24, 2.45) is 0 Å². The van der Waals surface area contributed by atoms with E-state index >= 15 is 0 Å². The molecule has 0 atom stereocenters. The van der Waals surface area contributed by atoms with Crippen LogP contribution in [0, 0.1) is 0 Å². The van der Waals surface area contributed by atoms with Gasteiger partial charge in [-0.25, -0.2) is 39.9 Å². The molecule has 18 aromatic rings. The van der Waals surface area contributed by atoms with E-state index in [2.05, 4.69) is 206 Å². The third kappa shape index (κ3) is 10.9. The van der Waals surface area contributed by atoms with Crippen LogP contribution in [0.4, 0.5) is 0 Å². The van der Waals surface area contributed by atoms with Gasteiger partial charge in [0.1, 0.15) is 0 Å². The van der Waals surface area contributed by atoms with E-state index in [1.807, 2.05) is 133 Å². The van der Waals surface area contributed by atoms with Crippen LogP contribution in [0.25, 0.3) is 178 Å². The van der Waals surface area contributed by atoms with E-state index in [9.17, 15) is 0 Å². The first-order valence-corrected chi connectivity index (χ1v) is 32.1. The molecular weight excluding hydrogens is 1170 g/mol. The van der Waals surface area contributed by atoms with Crippen LogP contribution in [0.2, 0.25) is 0 Å². The maximum absolute atomic E-state index is 5.13. The molecule has 0 unspecified atom stereocenters. The first kappa shape index (κ1) is 56.9. The SMILES string of the molecule is c1ccc(-c2nc(-c3ccccc3)nc(-c3c(-c4ccc(-c5nc6ccccc6c6ccccc56)cc4)ccc4ccccc34)n2)cc1.c1ccc(-c2nc(-c3ccccc3)nc(-c3cc(-c4ccc(-c5nc6ccccc6c6ccccc56)cc4)cc4ccccc34)n2)cc1. The Bertz CT molecular complexity index is 5810. The van der Waals surface area contributed by atoms with Crippen LogP contribution in [0.15, 0.2) is 340 Å². The van der Waals surface area contributed by atoms with Crippen molar-refractivity contribution >= 4 is 64.9 Å². The Balaban J connectivity index is 0.000000145. The Labute approximate surface area is 554 Å². The molecule has 8 nitrogen and oxygen atoms in total. The number of rotatable bonds is 10. The van der Waals surface area contributed by atoms with E-state index in [4.69, 9.17) is 39.9 Å². The first-order valence-electron chi connectivity index (χ1n) is 32.1. The standard InChI is InChI=1S/2C44H28N4/c1-3-14-32(15-4-1)42-46-43(33-16-5-2-6-17-33)48-44(47-42)40-34-18-8-7-13-29(34)27-28-35(40)30-23-25-31(26-24-30)41-38-21-10-9-19-36(38)37-20-11-12-22-39(37)45-41;1-3-13-31(14-4-1)42-46-43(32-15-5-2-6-16-32)48-44(47-42)39-28-34(27-33-17-7-8-18-35(33)39)29-23-25-30(26-24-29)41-38-21-10-9-19-36(38)37-20-11-12-22-40(37)45-41/h2*1-28H. The Kier molecular flexibility index (Phi) is 14.7. The van der Waals surface area contributed by atoms with E-state index in [0.29, 0.717) is 34.9 Å². The zero-order chi connectivity index (χ0) is 63.7. The van der Waals surface area contributed by atoms with Gasteiger partial charge in [0.2, 0.25) is 0 Å². The van der Waals surface area contributed by atoms with Crippen LogP contribution in [-0.4, -0.2) is 39.9 Å². The molecule has 0 aliphatic rings. The van der Waals surface area contributed by atoms with Crippen molar-refractivity contribution in [1.82, 2.24) is 39.9 Å². The minimum absolute atomic E-state index is 0.640. The normalized spacial score (nSPS) is 11.3. The monoisotopic (exact) mass is 1220 g/mol. The molecule has 14 aromatic carbocycles. The zero-order valence-corrected chi connectivity index (χ0v) is 51.9. The molecule has 0 N–H and O–H groups in total. The van der Waals surface area contributed by atoms with Crippen LogP contribution in [-0.2, 0) is 0 Å². The molecule has 0 aliphatic heterocycles. The van der Waals surface area contributed by atoms with Crippen molar-refractivity contribution in [1.29, 1.82) is 0 Å². The Morgan fingerprint density at radius 3 is 0.969 bits per heavy atom. The molecule has 0 radical (unpaired) electrons. The summed E-state index contributed by atoms with van der Waals surface area (Å²) in [5.74, 6) is 3.86. The second kappa shape index (κ2) is 24.9. The van der Waals surface area contributed by atoms with Crippen molar-refractivity contribution in [2.45, 2.75) is 0 Å². The molecule has 0 spiro atoms. The lowest BCUT2D eigenvalue weighted by Crippen LogP contribution is -2.01. The van der Waals surface area contributed by atoms with E-state index in [0.717, 1.165) is 127 Å². The minimum atomic E-state index is 0.640. The Morgan fingerprint density at radius 1 is 0.156 bits per heavy atom. The van der Waals surface area contributed by atoms with Gasteiger partial charge in [0, 0.05) is 66.1 Å². The number of para-hydroxylation sites is 2. The summed E-state index contributed by atoms with van der Waals surface area (Å²) in [7, 11) is 0. The summed E-state index contributed by atoms with van der Waals surface area (Å²) >= 11 is 0. The van der Waals surface area contributed by atoms with E-state index in [-0.39, 0.29) is 0 Å². The lowest BCUT2D eigenvalue weighted by Gasteiger charge is -2.15. The van der Waals surface area contributed by atoms with Crippen LogP contribution in [0.1, 0.15) is 0 Å². The predicted octanol–water partition coefficient (Wildman–Crippen LogP) is 22.1. The third-order valence-corrected chi connectivity index (χ3v) is 17.8. The summed E-state index contributed by atoms with van der Waals surface area (Å²) in [4.78, 5) is 40.5. The van der Waals surface area contributed by atoms with Gasteiger partial charge in [-0.2, -0.15) is 0 Å². The second-order valence-electron chi connectivity index (χ2n) is 23.7. The number of fused-ring (bicyclic) bond motifs is 8. The molecule has 8 heteroatoms. The molecule has 0 saturated carbocycles. The number of aromatic nitrogens is 8. The number of pyridine rings is 2. The second-order valence-corrected chi connectivity index (χ2v) is 23.7. The zero-order valence-electron chi connectivity index (χ0n) is 51.9. The highest BCUT2D eigenvalue weighted by Crippen LogP contribution is 2.42. The van der Waals surface area contributed by atoms with Crippen LogP contribution in [0.3, 0.4) is 0 Å². The molecule has 0 saturated heterocycles. The summed E-state index contributed by atoms with van der Waals surface area (Å²) in [5.41, 5.74) is 16.2. The molecule has 96 heavy (non-hydrogen) atoms. The van der Waals surface area contributed by atoms with Crippen LogP contribution in [0.5, 0.6) is 0 Å². The van der Waals surface area contributed by atoms with Crippen LogP contribution < -0.4 is 0 Å². The van der Waals surface area contributed by atoms with E-state index < -0.39 is 0 Å². The molecular formula is C88H56N8. The summed E-state index contributed by atoms with van der Waals surface area (Å²) in [6.45, 7) is 0. The first-order chi connectivity index (χ1) is 47.6. The molecule has 0 bridgehead atoms. The topological polar surface area (TPSA) is 103 Å². The van der Waals surface area contributed by atoms with Gasteiger partial charge < -0.3 is 0 Å². The number of benzene rings is 14. The Hall–Kier alpha value is -13.0. The molecule has 0 amide bonds. The van der Waals surface area contributed by atoms with Crippen molar-refractivity contribution in [3.05, 3.63) is 340 Å². The van der Waals surface area contributed by atoms with Crippen molar-refractivity contribution < 1.29 is 0 Å². The molecule has 18 rings (SSSR count). The largest absolute Gasteiger partial charge is 0.247 e. The van der Waals surface area contributed by atoms with Gasteiger partial charge in [0.25, 0.3) is 0 Å². The van der Waals surface area contributed by atoms with Gasteiger partial charge in [-0.1, -0.05) is 315 Å². The summed E-state index contributed by atoms with van der Waals surface area (Å²) in [6.07, 6.45) is 0. The van der Waals surface area contributed by atoms with E-state index in [1.165, 1.54) is 16.2 Å². The third-order valence-electron chi connectivity index (χ3n) is 17.8. The average molecular weight is 1230 g/mol. The fraction of sp³-hybridized carbons (Fsp3) is 0. The summed E-state index contributed by atoms with van der Waals surface area (Å²) in [6, 6.07) is 117. The van der Waals surface area contributed by atoms with Crippen molar-refractivity contribution in [3.63, 3.8) is 0 Å². The van der Waals surface area contributed by atoms with Gasteiger partial charge in [-0.05, 0) is 78.8 Å². The molecule has 4 heterocycles. The highest BCUT2D eigenvalue weighted by atomic mass is 15.0. The molecule has 4 aromatic heterocycles. The molecule has 0 fully saturated rings. The summed E-state index contributed by atoms with van der Waals surface area (Å²) < 4.78 is 0. The van der Waals surface area contributed by atoms with Gasteiger partial charge in [0.15, 0.2) is 34.9 Å². The number of nitrogens with zero attached hydrogens (tertiary/aromatic N) is 8. The maximum Gasteiger partial charge on any atom is 0.165 e. The van der Waals surface area contributed by atoms with E-state index in [1.54, 1.807) is 0 Å². The minimum Gasteiger partial charge on any atom is -0.247 e. The average Bonchev–Trinajstić information content (AvgIpc) is 0.812. The summed E-state index contributed by atoms with van der Waals surface area (Å²) in [5, 5.41) is 11.5. The van der Waals surface area contributed by atoms with Crippen molar-refractivity contribution in [3.8, 4) is 113 Å². The fourth-order valence-corrected chi connectivity index (χ4v) is 13.1. The lowest BCUT2D eigenvalue weighted by atomic mass is 9.92. The molecule has 0 aliphatic carbocycles. The quantitative estimate of drug-likeness (QED) is 0.125. The highest BCUT2D eigenvalue weighted by molar-refractivity contribution is 6.12. The number of hydrogen-bond acceptors (Lipinski definition) is 8. The fourth-order valence-electron chi connectivity index (χ4n) is 13.1. The van der Waals surface area contributed by atoms with Crippen molar-refractivity contribution in [2.75, 3.05) is 0 Å². The molecule has 448 valence electrons. The van der Waals surface area contributed by atoms with Gasteiger partial charge in [-0.15, -0.1) is 0 Å².